The van der Waals surface area contributed by atoms with Crippen molar-refractivity contribution in [1.29, 1.82) is 0 Å². The van der Waals surface area contributed by atoms with Crippen LogP contribution in [0.4, 0.5) is 0 Å². The van der Waals surface area contributed by atoms with E-state index in [1.165, 1.54) is 0 Å². The summed E-state index contributed by atoms with van der Waals surface area (Å²) in [5, 5.41) is 0.893. The first-order valence-electron chi connectivity index (χ1n) is 8.69. The highest BCUT2D eigenvalue weighted by molar-refractivity contribution is 6.07. The molecule has 0 aliphatic heterocycles. The molecule has 0 saturated carbocycles. The monoisotopic (exact) mass is 332 g/mol. The number of carbonyl (C=O) groups excluding carboxylic acids is 1. The van der Waals surface area contributed by atoms with Crippen LogP contribution in [-0.2, 0) is 24.3 Å². The lowest BCUT2D eigenvalue weighted by Gasteiger charge is -2.20. The molecule has 4 rings (SSSR count). The topological polar surface area (TPSA) is 51.2 Å². The molecule has 0 unspecified atom stereocenters. The van der Waals surface area contributed by atoms with Crippen molar-refractivity contribution >= 4 is 16.8 Å². The van der Waals surface area contributed by atoms with Crippen molar-refractivity contribution in [3.05, 3.63) is 77.0 Å². The van der Waals surface area contributed by atoms with Gasteiger partial charge in [0.2, 0.25) is 0 Å². The molecule has 25 heavy (non-hydrogen) atoms. The summed E-state index contributed by atoms with van der Waals surface area (Å²) in [6.45, 7) is 0.345. The molecule has 2 aromatic carbocycles. The number of hydrogen-bond donors (Lipinski definition) is 1. The Morgan fingerprint density at radius 1 is 1.00 bits per heavy atom. The Balaban J connectivity index is 1.62. The minimum Gasteiger partial charge on any atom is -0.269 e. The largest absolute Gasteiger partial charge is 0.275 e. The maximum absolute atomic E-state index is 12.9. The van der Waals surface area contributed by atoms with E-state index in [2.05, 4.69) is 5.48 Å². The Morgan fingerprint density at radius 2 is 1.76 bits per heavy atom. The number of nitrogens with zero attached hydrogens (tertiary/aromatic N) is 1. The highest BCUT2D eigenvalue weighted by Gasteiger charge is 2.22. The number of hydroxylamine groups is 1. The first-order chi connectivity index (χ1) is 12.3. The molecule has 126 valence electrons. The van der Waals surface area contributed by atoms with E-state index in [9.17, 15) is 4.79 Å². The molecule has 1 aliphatic rings. The molecule has 3 aromatic rings. The van der Waals surface area contributed by atoms with Crippen molar-refractivity contribution in [2.45, 2.75) is 32.3 Å². The second-order valence-corrected chi connectivity index (χ2v) is 6.34. The smallest absolute Gasteiger partial charge is 0.269 e. The van der Waals surface area contributed by atoms with E-state index in [4.69, 9.17) is 9.82 Å². The molecule has 0 spiro atoms. The van der Waals surface area contributed by atoms with Gasteiger partial charge in [-0.1, -0.05) is 48.5 Å². The number of benzene rings is 2. The van der Waals surface area contributed by atoms with E-state index >= 15 is 0 Å². The number of nitrogens with one attached hydrogen (secondary N) is 1. The molecule has 1 aliphatic carbocycles. The highest BCUT2D eigenvalue weighted by Crippen LogP contribution is 2.29. The Morgan fingerprint density at radius 3 is 2.64 bits per heavy atom. The van der Waals surface area contributed by atoms with E-state index in [0.717, 1.165) is 53.4 Å². The van der Waals surface area contributed by atoms with Crippen LogP contribution in [0.5, 0.6) is 0 Å². The van der Waals surface area contributed by atoms with Gasteiger partial charge in [0.25, 0.3) is 5.91 Å². The summed E-state index contributed by atoms with van der Waals surface area (Å²) in [6.07, 6.45) is 4.06. The van der Waals surface area contributed by atoms with Gasteiger partial charge < -0.3 is 0 Å². The number of aryl methyl sites for hydroxylation is 1. The minimum atomic E-state index is -0.187. The number of pyridine rings is 1. The standard InChI is InChI=1S/C21H20N2O2/c24-21(23-25-14-15-8-2-1-3-9-15)20-16-10-4-6-12-18(16)22-19-13-7-5-11-17(19)20/h1-4,6,8-10,12H,5,7,11,13-14H2,(H,23,24). The van der Waals surface area contributed by atoms with Gasteiger partial charge >= 0.3 is 0 Å². The van der Waals surface area contributed by atoms with E-state index in [1.54, 1.807) is 0 Å². The number of aromatic nitrogens is 1. The van der Waals surface area contributed by atoms with Gasteiger partial charge in [0, 0.05) is 11.1 Å². The normalized spacial score (nSPS) is 13.4. The first kappa shape index (κ1) is 15.8. The van der Waals surface area contributed by atoms with Crippen molar-refractivity contribution in [1.82, 2.24) is 10.5 Å². The molecule has 4 nitrogen and oxygen atoms in total. The average molecular weight is 332 g/mol. The van der Waals surface area contributed by atoms with Crippen LogP contribution in [0.1, 0.15) is 40.0 Å². The van der Waals surface area contributed by atoms with Crippen molar-refractivity contribution in [3.63, 3.8) is 0 Å². The molecule has 1 amide bonds. The lowest BCUT2D eigenvalue weighted by Crippen LogP contribution is -2.26. The maximum atomic E-state index is 12.9. The van der Waals surface area contributed by atoms with E-state index in [1.807, 2.05) is 54.6 Å². The molecule has 0 atom stereocenters. The number of fused-ring (bicyclic) bond motifs is 2. The second kappa shape index (κ2) is 7.03. The predicted octanol–water partition coefficient (Wildman–Crippen LogP) is 3.98. The van der Waals surface area contributed by atoms with E-state index < -0.39 is 0 Å². The van der Waals surface area contributed by atoms with Crippen LogP contribution < -0.4 is 5.48 Å². The summed E-state index contributed by atoms with van der Waals surface area (Å²) in [5.74, 6) is -0.187. The van der Waals surface area contributed by atoms with Crippen molar-refractivity contribution in [2.24, 2.45) is 0 Å². The van der Waals surface area contributed by atoms with Crippen LogP contribution in [-0.4, -0.2) is 10.9 Å². The summed E-state index contributed by atoms with van der Waals surface area (Å²) < 4.78 is 0. The van der Waals surface area contributed by atoms with Crippen LogP contribution >= 0.6 is 0 Å². The van der Waals surface area contributed by atoms with E-state index in [-0.39, 0.29) is 5.91 Å². The fourth-order valence-electron chi connectivity index (χ4n) is 3.44. The summed E-state index contributed by atoms with van der Waals surface area (Å²) in [7, 11) is 0. The van der Waals surface area contributed by atoms with Gasteiger partial charge in [-0.25, -0.2) is 5.48 Å². The third kappa shape index (κ3) is 3.26. The second-order valence-electron chi connectivity index (χ2n) is 6.34. The van der Waals surface area contributed by atoms with E-state index in [0.29, 0.717) is 12.2 Å². The van der Waals surface area contributed by atoms with Crippen LogP contribution in [0.3, 0.4) is 0 Å². The molecule has 1 N–H and O–H groups in total. The van der Waals surface area contributed by atoms with Crippen LogP contribution in [0.25, 0.3) is 10.9 Å². The summed E-state index contributed by atoms with van der Waals surface area (Å²) >= 11 is 0. The summed E-state index contributed by atoms with van der Waals surface area (Å²) in [4.78, 5) is 23.1. The number of rotatable bonds is 4. The first-order valence-corrected chi connectivity index (χ1v) is 8.69. The van der Waals surface area contributed by atoms with Gasteiger partial charge in [-0.3, -0.25) is 14.6 Å². The Kier molecular flexibility index (Phi) is 4.44. The Labute approximate surface area is 146 Å². The SMILES string of the molecule is O=C(NOCc1ccccc1)c1c2c(nc3ccccc13)CCCC2. The van der Waals surface area contributed by atoms with Gasteiger partial charge in [0.15, 0.2) is 0 Å². The fraction of sp³-hybridized carbons (Fsp3) is 0.238. The quantitative estimate of drug-likeness (QED) is 0.735. The van der Waals surface area contributed by atoms with Gasteiger partial charge in [0.05, 0.1) is 17.7 Å². The maximum Gasteiger partial charge on any atom is 0.275 e. The van der Waals surface area contributed by atoms with Gasteiger partial charge in [-0.2, -0.15) is 0 Å². The van der Waals surface area contributed by atoms with Crippen LogP contribution in [0, 0.1) is 0 Å². The number of para-hydroxylation sites is 1. The zero-order valence-corrected chi connectivity index (χ0v) is 14.0. The molecule has 0 saturated heterocycles. The molecule has 0 radical (unpaired) electrons. The Bertz CT molecular complexity index is 906. The van der Waals surface area contributed by atoms with Crippen LogP contribution in [0.2, 0.25) is 0 Å². The molecule has 0 fully saturated rings. The predicted molar refractivity (Wildman–Crippen MR) is 97.1 cm³/mol. The van der Waals surface area contributed by atoms with Gasteiger partial charge in [0.1, 0.15) is 0 Å². The lowest BCUT2D eigenvalue weighted by molar-refractivity contribution is 0.0234. The zero-order chi connectivity index (χ0) is 17.1. The highest BCUT2D eigenvalue weighted by atomic mass is 16.6. The molecule has 1 heterocycles. The molecular weight excluding hydrogens is 312 g/mol. The molecular formula is C21H20N2O2. The molecule has 4 heteroatoms. The third-order valence-corrected chi connectivity index (χ3v) is 4.64. The third-order valence-electron chi connectivity index (χ3n) is 4.64. The Hall–Kier alpha value is -2.72. The van der Waals surface area contributed by atoms with Gasteiger partial charge in [-0.05, 0) is 42.9 Å². The summed E-state index contributed by atoms with van der Waals surface area (Å²) in [6, 6.07) is 17.6. The van der Waals surface area contributed by atoms with Crippen molar-refractivity contribution < 1.29 is 9.63 Å². The number of carbonyl (C=O) groups is 1. The zero-order valence-electron chi connectivity index (χ0n) is 14.0. The fourth-order valence-corrected chi connectivity index (χ4v) is 3.44. The number of hydrogen-bond acceptors (Lipinski definition) is 3. The molecule has 1 aromatic heterocycles. The molecule has 0 bridgehead atoms. The van der Waals surface area contributed by atoms with Crippen molar-refractivity contribution in [3.8, 4) is 0 Å². The minimum absolute atomic E-state index is 0.187. The number of amides is 1. The van der Waals surface area contributed by atoms with Crippen LogP contribution in [0.15, 0.2) is 54.6 Å². The lowest BCUT2D eigenvalue weighted by atomic mass is 9.89. The van der Waals surface area contributed by atoms with Gasteiger partial charge in [-0.15, -0.1) is 0 Å². The van der Waals surface area contributed by atoms with Crippen molar-refractivity contribution in [2.75, 3.05) is 0 Å². The average Bonchev–Trinajstić information content (AvgIpc) is 2.66. The summed E-state index contributed by atoms with van der Waals surface area (Å²) in [5.41, 5.74) is 7.36.